The molecule has 0 atom stereocenters. The quantitative estimate of drug-likeness (QED) is 0.423. The Labute approximate surface area is 137 Å². The molecule has 0 radical (unpaired) electrons. The van der Waals surface area contributed by atoms with Crippen LogP contribution in [0, 0.1) is 0 Å². The van der Waals surface area contributed by atoms with Gasteiger partial charge in [0.25, 0.3) is 0 Å². The van der Waals surface area contributed by atoms with Crippen LogP contribution in [0.2, 0.25) is 0 Å². The van der Waals surface area contributed by atoms with E-state index in [4.69, 9.17) is 5.73 Å². The number of aliphatic imine (C=N–C) groups is 1. The smallest absolute Gasteiger partial charge is 0.188 e. The zero-order valence-corrected chi connectivity index (χ0v) is 13.8. The SMILES string of the molecule is CCCCCCNC(N)=NCc1cccc(Cn2cncn2)c1. The minimum Gasteiger partial charge on any atom is -0.370 e. The first kappa shape index (κ1) is 17.0. The second-order valence-corrected chi connectivity index (χ2v) is 5.60. The van der Waals surface area contributed by atoms with Gasteiger partial charge >= 0.3 is 0 Å². The van der Waals surface area contributed by atoms with Crippen LogP contribution in [-0.4, -0.2) is 27.3 Å². The Morgan fingerprint density at radius 2 is 2.13 bits per heavy atom. The fraction of sp³-hybridized carbons (Fsp3) is 0.471. The minimum absolute atomic E-state index is 0.517. The van der Waals surface area contributed by atoms with Crippen molar-refractivity contribution in [2.24, 2.45) is 10.7 Å². The second kappa shape index (κ2) is 9.61. The molecule has 1 aromatic carbocycles. The molecule has 6 nitrogen and oxygen atoms in total. The molecule has 0 amide bonds. The molecule has 2 aromatic rings. The first-order valence-corrected chi connectivity index (χ1v) is 8.22. The van der Waals surface area contributed by atoms with Gasteiger partial charge in [-0.15, -0.1) is 0 Å². The standard InChI is InChI=1S/C17H26N6/c1-2-3-4-5-9-20-17(18)21-11-15-7-6-8-16(10-15)12-23-14-19-13-22-23/h6-8,10,13-14H,2-5,9,11-12H2,1H3,(H3,18,20,21). The molecule has 0 unspecified atom stereocenters. The van der Waals surface area contributed by atoms with E-state index in [1.807, 2.05) is 6.07 Å². The minimum atomic E-state index is 0.517. The van der Waals surface area contributed by atoms with Gasteiger partial charge in [0.1, 0.15) is 12.7 Å². The van der Waals surface area contributed by atoms with E-state index in [0.717, 1.165) is 18.5 Å². The van der Waals surface area contributed by atoms with E-state index >= 15 is 0 Å². The van der Waals surface area contributed by atoms with Crippen molar-refractivity contribution < 1.29 is 0 Å². The molecule has 124 valence electrons. The summed E-state index contributed by atoms with van der Waals surface area (Å²) in [6, 6.07) is 8.29. The van der Waals surface area contributed by atoms with Gasteiger partial charge in [0.15, 0.2) is 5.96 Å². The van der Waals surface area contributed by atoms with Gasteiger partial charge in [0.05, 0.1) is 13.1 Å². The molecule has 0 saturated heterocycles. The van der Waals surface area contributed by atoms with Crippen molar-refractivity contribution >= 4 is 5.96 Å². The van der Waals surface area contributed by atoms with Crippen molar-refractivity contribution in [3.8, 4) is 0 Å². The van der Waals surface area contributed by atoms with Gasteiger partial charge in [-0.05, 0) is 17.5 Å². The first-order chi connectivity index (χ1) is 11.3. The van der Waals surface area contributed by atoms with E-state index in [9.17, 15) is 0 Å². The molecule has 0 aliphatic rings. The third kappa shape index (κ3) is 6.50. The Balaban J connectivity index is 1.79. The number of aromatic nitrogens is 3. The zero-order valence-electron chi connectivity index (χ0n) is 13.8. The summed E-state index contributed by atoms with van der Waals surface area (Å²) in [7, 11) is 0. The molecule has 2 rings (SSSR count). The Morgan fingerprint density at radius 3 is 2.91 bits per heavy atom. The molecule has 0 saturated carbocycles. The lowest BCUT2D eigenvalue weighted by Crippen LogP contribution is -2.32. The third-order valence-electron chi connectivity index (χ3n) is 3.57. The molecule has 6 heteroatoms. The summed E-state index contributed by atoms with van der Waals surface area (Å²) in [5.74, 6) is 0.517. The highest BCUT2D eigenvalue weighted by Crippen LogP contribution is 2.08. The molecule has 0 fully saturated rings. The third-order valence-corrected chi connectivity index (χ3v) is 3.57. The maximum atomic E-state index is 5.90. The monoisotopic (exact) mass is 314 g/mol. The summed E-state index contributed by atoms with van der Waals surface area (Å²) in [5, 5.41) is 7.29. The topological polar surface area (TPSA) is 81.1 Å². The molecule has 1 heterocycles. The van der Waals surface area contributed by atoms with Crippen LogP contribution in [0.25, 0.3) is 0 Å². The summed E-state index contributed by atoms with van der Waals surface area (Å²) in [5.41, 5.74) is 8.21. The molecule has 23 heavy (non-hydrogen) atoms. The van der Waals surface area contributed by atoms with Gasteiger partial charge in [-0.25, -0.2) is 14.7 Å². The highest BCUT2D eigenvalue weighted by molar-refractivity contribution is 5.77. The van der Waals surface area contributed by atoms with Crippen LogP contribution in [0.15, 0.2) is 41.9 Å². The Morgan fingerprint density at radius 1 is 1.26 bits per heavy atom. The molecule has 1 aromatic heterocycles. The Hall–Kier alpha value is -2.37. The van der Waals surface area contributed by atoms with Crippen molar-refractivity contribution in [3.05, 3.63) is 48.0 Å². The van der Waals surface area contributed by atoms with Gasteiger partial charge in [-0.1, -0.05) is 50.5 Å². The fourth-order valence-corrected chi connectivity index (χ4v) is 2.33. The highest BCUT2D eigenvalue weighted by atomic mass is 15.3. The maximum Gasteiger partial charge on any atom is 0.188 e. The van der Waals surface area contributed by atoms with Gasteiger partial charge < -0.3 is 11.1 Å². The van der Waals surface area contributed by atoms with Gasteiger partial charge in [-0.3, -0.25) is 0 Å². The summed E-state index contributed by atoms with van der Waals surface area (Å²) >= 11 is 0. The first-order valence-electron chi connectivity index (χ1n) is 8.22. The lowest BCUT2D eigenvalue weighted by molar-refractivity contribution is 0.652. The fourth-order valence-electron chi connectivity index (χ4n) is 2.33. The molecule has 0 spiro atoms. The second-order valence-electron chi connectivity index (χ2n) is 5.60. The normalized spacial score (nSPS) is 11.6. The maximum absolute atomic E-state index is 5.90. The Bertz CT molecular complexity index is 591. The average molecular weight is 314 g/mol. The van der Waals surface area contributed by atoms with Crippen LogP contribution in [0.4, 0.5) is 0 Å². The number of rotatable bonds is 9. The van der Waals surface area contributed by atoms with E-state index in [1.54, 1.807) is 17.3 Å². The zero-order chi connectivity index (χ0) is 16.3. The van der Waals surface area contributed by atoms with E-state index in [1.165, 1.54) is 24.8 Å². The number of guanidine groups is 1. The predicted octanol–water partition coefficient (Wildman–Crippen LogP) is 2.31. The van der Waals surface area contributed by atoms with Crippen molar-refractivity contribution in [2.45, 2.75) is 45.7 Å². The van der Waals surface area contributed by atoms with E-state index in [-0.39, 0.29) is 0 Å². The van der Waals surface area contributed by atoms with Crippen LogP contribution in [0.1, 0.15) is 43.7 Å². The van der Waals surface area contributed by atoms with E-state index in [2.05, 4.69) is 45.5 Å². The number of benzene rings is 1. The van der Waals surface area contributed by atoms with Gasteiger partial charge in [0, 0.05) is 6.54 Å². The molecular formula is C17H26N6. The van der Waals surface area contributed by atoms with Crippen molar-refractivity contribution in [1.82, 2.24) is 20.1 Å². The van der Waals surface area contributed by atoms with Crippen molar-refractivity contribution in [2.75, 3.05) is 6.54 Å². The van der Waals surface area contributed by atoms with Gasteiger partial charge in [0.2, 0.25) is 0 Å². The van der Waals surface area contributed by atoms with Crippen LogP contribution >= 0.6 is 0 Å². The van der Waals surface area contributed by atoms with Crippen LogP contribution < -0.4 is 11.1 Å². The molecule has 0 bridgehead atoms. The lowest BCUT2D eigenvalue weighted by Gasteiger charge is -2.06. The number of nitrogens with zero attached hydrogens (tertiary/aromatic N) is 4. The molecule has 3 N–H and O–H groups in total. The predicted molar refractivity (Wildman–Crippen MR) is 93.0 cm³/mol. The number of hydrogen-bond donors (Lipinski definition) is 2. The van der Waals surface area contributed by atoms with E-state index < -0.39 is 0 Å². The van der Waals surface area contributed by atoms with Crippen LogP contribution in [-0.2, 0) is 13.1 Å². The summed E-state index contributed by atoms with van der Waals surface area (Å²) < 4.78 is 1.80. The molecular weight excluding hydrogens is 288 g/mol. The molecule has 0 aliphatic heterocycles. The highest BCUT2D eigenvalue weighted by Gasteiger charge is 1.99. The van der Waals surface area contributed by atoms with Gasteiger partial charge in [-0.2, -0.15) is 5.10 Å². The van der Waals surface area contributed by atoms with Crippen molar-refractivity contribution in [1.29, 1.82) is 0 Å². The Kier molecular flexibility index (Phi) is 7.10. The average Bonchev–Trinajstić information content (AvgIpc) is 3.06. The number of hydrogen-bond acceptors (Lipinski definition) is 3. The molecule has 0 aliphatic carbocycles. The summed E-state index contributed by atoms with van der Waals surface area (Å²) in [6.07, 6.45) is 8.15. The number of unbranched alkanes of at least 4 members (excludes halogenated alkanes) is 3. The summed E-state index contributed by atoms with van der Waals surface area (Å²) in [6.45, 7) is 4.39. The largest absolute Gasteiger partial charge is 0.370 e. The lowest BCUT2D eigenvalue weighted by atomic mass is 10.1. The number of nitrogens with one attached hydrogen (secondary N) is 1. The van der Waals surface area contributed by atoms with Crippen molar-refractivity contribution in [3.63, 3.8) is 0 Å². The summed E-state index contributed by atoms with van der Waals surface area (Å²) in [4.78, 5) is 8.35. The number of nitrogens with two attached hydrogens (primary N) is 1. The van der Waals surface area contributed by atoms with Crippen LogP contribution in [0.3, 0.4) is 0 Å². The van der Waals surface area contributed by atoms with Crippen LogP contribution in [0.5, 0.6) is 0 Å². The van der Waals surface area contributed by atoms with E-state index in [0.29, 0.717) is 19.0 Å².